The van der Waals surface area contributed by atoms with E-state index in [-0.39, 0.29) is 0 Å². The van der Waals surface area contributed by atoms with Gasteiger partial charge >= 0.3 is 5.97 Å². The summed E-state index contributed by atoms with van der Waals surface area (Å²) in [5, 5.41) is 4.88. The molecule has 164 valence electrons. The molecule has 0 aromatic heterocycles. The van der Waals surface area contributed by atoms with Gasteiger partial charge in [-0.2, -0.15) is 0 Å². The highest BCUT2D eigenvalue weighted by atomic mass is 35.5. The number of hydrogen-bond donors (Lipinski definition) is 2. The van der Waals surface area contributed by atoms with E-state index in [1.54, 1.807) is 12.1 Å². The third kappa shape index (κ3) is 7.01. The summed E-state index contributed by atoms with van der Waals surface area (Å²) < 4.78 is 44.5. The predicted octanol–water partition coefficient (Wildman–Crippen LogP) is 4.11. The minimum atomic E-state index is -1.74. The van der Waals surface area contributed by atoms with Crippen LogP contribution in [0.25, 0.3) is 6.08 Å². The Morgan fingerprint density at radius 3 is 2.48 bits per heavy atom. The van der Waals surface area contributed by atoms with Crippen LogP contribution in [0.15, 0.2) is 36.4 Å². The Balaban J connectivity index is 1.83. The maximum Gasteiger partial charge on any atom is 0.331 e. The van der Waals surface area contributed by atoms with Crippen LogP contribution < -0.4 is 10.6 Å². The first-order valence-corrected chi connectivity index (χ1v) is 9.39. The van der Waals surface area contributed by atoms with Crippen molar-refractivity contribution in [3.8, 4) is 0 Å². The van der Waals surface area contributed by atoms with Crippen molar-refractivity contribution >= 4 is 52.7 Å². The van der Waals surface area contributed by atoms with Crippen molar-refractivity contribution in [2.24, 2.45) is 0 Å². The van der Waals surface area contributed by atoms with Crippen LogP contribution in [0.4, 0.5) is 18.9 Å². The Labute approximate surface area is 185 Å². The molecule has 0 radical (unpaired) electrons. The number of halogens is 5. The van der Waals surface area contributed by atoms with E-state index >= 15 is 0 Å². The van der Waals surface area contributed by atoms with E-state index in [1.807, 2.05) is 5.32 Å². The Hall–Kier alpha value is -3.04. The molecule has 0 saturated carbocycles. The molecule has 0 saturated heterocycles. The number of benzene rings is 2. The maximum absolute atomic E-state index is 13.5. The van der Waals surface area contributed by atoms with Crippen molar-refractivity contribution < 1.29 is 32.3 Å². The van der Waals surface area contributed by atoms with Gasteiger partial charge in [0.25, 0.3) is 5.91 Å². The Morgan fingerprint density at radius 1 is 1.10 bits per heavy atom. The van der Waals surface area contributed by atoms with Crippen LogP contribution in [0, 0.1) is 17.5 Å². The van der Waals surface area contributed by atoms with E-state index < -0.39 is 53.6 Å². The Kier molecular flexibility index (Phi) is 8.47. The van der Waals surface area contributed by atoms with Crippen molar-refractivity contribution in [1.82, 2.24) is 5.32 Å². The summed E-state index contributed by atoms with van der Waals surface area (Å²) in [6.07, 6.45) is 1.16. The highest BCUT2D eigenvalue weighted by molar-refractivity contribution is 6.35. The van der Waals surface area contributed by atoms with Gasteiger partial charge in [-0.3, -0.25) is 9.59 Å². The van der Waals surface area contributed by atoms with Crippen LogP contribution in [0.3, 0.4) is 0 Å². The number of amides is 2. The third-order valence-electron chi connectivity index (χ3n) is 3.76. The molecule has 0 aliphatic rings. The minimum Gasteiger partial charge on any atom is -0.449 e. The first-order chi connectivity index (χ1) is 14.6. The number of carbonyl (C=O) groups is 3. The van der Waals surface area contributed by atoms with Gasteiger partial charge in [0.05, 0.1) is 12.2 Å². The fraction of sp³-hybridized carbons (Fsp3) is 0.150. The first-order valence-electron chi connectivity index (χ1n) is 8.63. The van der Waals surface area contributed by atoms with Crippen LogP contribution in [0.5, 0.6) is 0 Å². The van der Waals surface area contributed by atoms with Crippen molar-refractivity contribution in [2.45, 2.75) is 13.0 Å². The topological polar surface area (TPSA) is 84.5 Å². The third-order valence-corrected chi connectivity index (χ3v) is 4.32. The van der Waals surface area contributed by atoms with E-state index in [1.165, 1.54) is 19.1 Å². The molecular weight excluding hydrogens is 460 g/mol. The molecule has 0 aliphatic heterocycles. The molecule has 0 aliphatic carbocycles. The second-order valence-electron chi connectivity index (χ2n) is 6.07. The lowest BCUT2D eigenvalue weighted by Crippen LogP contribution is -2.40. The normalized spacial score (nSPS) is 11.8. The lowest BCUT2D eigenvalue weighted by atomic mass is 10.2. The van der Waals surface area contributed by atoms with E-state index in [0.717, 1.165) is 12.1 Å². The van der Waals surface area contributed by atoms with Crippen molar-refractivity contribution in [3.05, 3.63) is 69.5 Å². The zero-order valence-electron chi connectivity index (χ0n) is 15.8. The van der Waals surface area contributed by atoms with Crippen LogP contribution in [0.1, 0.15) is 12.5 Å². The number of anilines is 1. The molecule has 0 fully saturated rings. The lowest BCUT2D eigenvalue weighted by Gasteiger charge is -2.12. The van der Waals surface area contributed by atoms with Crippen LogP contribution in [-0.4, -0.2) is 30.4 Å². The van der Waals surface area contributed by atoms with Gasteiger partial charge in [0.15, 0.2) is 23.6 Å². The molecule has 2 N–H and O–H groups in total. The van der Waals surface area contributed by atoms with Gasteiger partial charge in [-0.1, -0.05) is 29.3 Å². The van der Waals surface area contributed by atoms with Gasteiger partial charge in [-0.25, -0.2) is 18.0 Å². The molecule has 2 rings (SSSR count). The average Bonchev–Trinajstić information content (AvgIpc) is 2.71. The molecule has 2 aromatic rings. The molecule has 31 heavy (non-hydrogen) atoms. The molecule has 0 bridgehead atoms. The summed E-state index contributed by atoms with van der Waals surface area (Å²) >= 11 is 11.7. The summed E-state index contributed by atoms with van der Waals surface area (Å²) in [7, 11) is 0. The second-order valence-corrected chi connectivity index (χ2v) is 6.91. The van der Waals surface area contributed by atoms with Crippen molar-refractivity contribution in [1.29, 1.82) is 0 Å². The summed E-state index contributed by atoms with van der Waals surface area (Å²) in [6, 6.07) is 6.11. The number of rotatable bonds is 7. The summed E-state index contributed by atoms with van der Waals surface area (Å²) in [5.74, 6) is -7.29. The summed E-state index contributed by atoms with van der Waals surface area (Å²) in [6.45, 7) is 0.638. The number of esters is 1. The highest BCUT2D eigenvalue weighted by Crippen LogP contribution is 2.22. The maximum atomic E-state index is 13.5. The fourth-order valence-electron chi connectivity index (χ4n) is 2.19. The molecule has 2 aromatic carbocycles. The number of hydrogen-bond acceptors (Lipinski definition) is 4. The van der Waals surface area contributed by atoms with Gasteiger partial charge in [-0.15, -0.1) is 0 Å². The monoisotopic (exact) mass is 474 g/mol. The van der Waals surface area contributed by atoms with Crippen LogP contribution in [-0.2, 0) is 19.1 Å². The van der Waals surface area contributed by atoms with Gasteiger partial charge in [0.1, 0.15) is 0 Å². The minimum absolute atomic E-state index is 0.311. The zero-order chi connectivity index (χ0) is 23.1. The molecular formula is C20H15Cl2F3N2O4. The quantitative estimate of drug-likeness (QED) is 0.359. The highest BCUT2D eigenvalue weighted by Gasteiger charge is 2.19. The van der Waals surface area contributed by atoms with Gasteiger partial charge in [-0.05, 0) is 42.8 Å². The Bertz CT molecular complexity index is 1050. The number of ether oxygens (including phenoxy) is 1. The molecule has 0 spiro atoms. The van der Waals surface area contributed by atoms with Crippen LogP contribution in [0.2, 0.25) is 10.0 Å². The second kappa shape index (κ2) is 10.8. The predicted molar refractivity (Wildman–Crippen MR) is 109 cm³/mol. The van der Waals surface area contributed by atoms with Crippen LogP contribution >= 0.6 is 23.2 Å². The van der Waals surface area contributed by atoms with E-state index in [4.69, 9.17) is 27.9 Å². The molecule has 6 nitrogen and oxygen atoms in total. The van der Waals surface area contributed by atoms with E-state index in [0.29, 0.717) is 21.7 Å². The van der Waals surface area contributed by atoms with Gasteiger partial charge in [0, 0.05) is 16.1 Å². The van der Waals surface area contributed by atoms with Crippen molar-refractivity contribution in [2.75, 3.05) is 11.9 Å². The standard InChI is InChI=1S/C20H15Cl2F3N2O4/c1-10(31-17(29)7-3-11-2-4-12(21)8-13(11)22)20(30)26-9-16(28)27-15-6-5-14(23)18(24)19(15)25/h2-8,10H,9H2,1H3,(H,26,30)(H,27,28)/b7-3+. The fourth-order valence-corrected chi connectivity index (χ4v) is 2.66. The average molecular weight is 475 g/mol. The number of carbonyl (C=O) groups excluding carboxylic acids is 3. The molecule has 0 heterocycles. The lowest BCUT2D eigenvalue weighted by molar-refractivity contribution is -0.150. The Morgan fingerprint density at radius 2 is 1.81 bits per heavy atom. The van der Waals surface area contributed by atoms with Gasteiger partial charge < -0.3 is 15.4 Å². The van der Waals surface area contributed by atoms with E-state index in [2.05, 4.69) is 5.32 Å². The SMILES string of the molecule is CC(OC(=O)/C=C/c1ccc(Cl)cc1Cl)C(=O)NCC(=O)Nc1ccc(F)c(F)c1F. The molecule has 1 atom stereocenters. The van der Waals surface area contributed by atoms with E-state index in [9.17, 15) is 27.6 Å². The first kappa shape index (κ1) is 24.2. The number of nitrogens with one attached hydrogen (secondary N) is 2. The van der Waals surface area contributed by atoms with Gasteiger partial charge in [0.2, 0.25) is 5.91 Å². The largest absolute Gasteiger partial charge is 0.449 e. The smallest absolute Gasteiger partial charge is 0.331 e. The zero-order valence-corrected chi connectivity index (χ0v) is 17.4. The molecule has 1 unspecified atom stereocenters. The summed E-state index contributed by atoms with van der Waals surface area (Å²) in [4.78, 5) is 35.6. The molecule has 11 heteroatoms. The van der Waals surface area contributed by atoms with Crippen molar-refractivity contribution in [3.63, 3.8) is 0 Å². The summed E-state index contributed by atoms with van der Waals surface area (Å²) in [5.41, 5.74) is -0.0927. The molecule has 2 amide bonds.